The molecule has 3 aromatic rings. The van der Waals surface area contributed by atoms with Crippen molar-refractivity contribution < 1.29 is 19.0 Å². The number of hydrogen-bond donors (Lipinski definition) is 1. The molecule has 5 rings (SSSR count). The topological polar surface area (TPSA) is 106 Å². The number of amides is 1. The molecule has 2 aliphatic heterocycles. The van der Waals surface area contributed by atoms with Gasteiger partial charge in [0, 0.05) is 19.6 Å². The summed E-state index contributed by atoms with van der Waals surface area (Å²) in [6.07, 6.45) is 6.43. The highest BCUT2D eigenvalue weighted by molar-refractivity contribution is 5.74. The van der Waals surface area contributed by atoms with Crippen molar-refractivity contribution in [2.24, 2.45) is 0 Å². The molecule has 1 aromatic carbocycles. The predicted octanol–water partition coefficient (Wildman–Crippen LogP) is 2.17. The highest BCUT2D eigenvalue weighted by Crippen LogP contribution is 2.24. The van der Waals surface area contributed by atoms with Crippen LogP contribution >= 0.6 is 0 Å². The van der Waals surface area contributed by atoms with Crippen molar-refractivity contribution in [1.82, 2.24) is 29.1 Å². The maximum atomic E-state index is 13.3. The molecule has 0 unspecified atom stereocenters. The van der Waals surface area contributed by atoms with Crippen LogP contribution in [0, 0.1) is 5.82 Å². The number of aliphatic hydroxyl groups is 1. The zero-order chi connectivity index (χ0) is 25.1. The molecule has 0 atom stereocenters. The molecule has 0 saturated carbocycles. The van der Waals surface area contributed by atoms with Gasteiger partial charge in [-0.15, -0.1) is 0 Å². The van der Waals surface area contributed by atoms with Crippen molar-refractivity contribution in [3.8, 4) is 5.69 Å². The van der Waals surface area contributed by atoms with Gasteiger partial charge in [0.25, 0.3) is 5.56 Å². The van der Waals surface area contributed by atoms with Gasteiger partial charge in [-0.05, 0) is 69.5 Å². The first-order chi connectivity index (χ1) is 17.4. The van der Waals surface area contributed by atoms with Crippen LogP contribution in [0.25, 0.3) is 16.7 Å². The number of aromatic nitrogens is 4. The van der Waals surface area contributed by atoms with Gasteiger partial charge in [0.2, 0.25) is 0 Å². The summed E-state index contributed by atoms with van der Waals surface area (Å²) in [6.45, 7) is 4.37. The summed E-state index contributed by atoms with van der Waals surface area (Å²) in [6, 6.07) is 5.75. The van der Waals surface area contributed by atoms with Gasteiger partial charge in [0.15, 0.2) is 5.65 Å². The van der Waals surface area contributed by atoms with Crippen molar-refractivity contribution in [3.63, 3.8) is 0 Å². The lowest BCUT2D eigenvalue weighted by molar-refractivity contribution is -0.0334. The second-order valence-corrected chi connectivity index (χ2v) is 9.68. The molecule has 192 valence electrons. The number of halogens is 1. The minimum absolute atomic E-state index is 0.0647. The smallest absolute Gasteiger partial charge is 0.409 e. The predicted molar refractivity (Wildman–Crippen MR) is 130 cm³/mol. The van der Waals surface area contributed by atoms with E-state index in [1.165, 1.54) is 46.7 Å². The Morgan fingerprint density at radius 3 is 2.56 bits per heavy atom. The maximum absolute atomic E-state index is 13.3. The van der Waals surface area contributed by atoms with Gasteiger partial charge < -0.3 is 19.6 Å². The molecular weight excluding hydrogens is 467 g/mol. The van der Waals surface area contributed by atoms with Gasteiger partial charge in [0.05, 0.1) is 30.6 Å². The molecule has 0 aliphatic carbocycles. The lowest BCUT2D eigenvalue weighted by Gasteiger charge is -2.37. The molecule has 0 bridgehead atoms. The Labute approximate surface area is 207 Å². The standard InChI is InChI=1S/C25H31FN6O4/c26-19-4-6-20(7-5-19)32-22-21(16-28-32)23(33)31(18-27-22)17-25(35)8-13-30(14-9-25)24(34)36-15-3-12-29-10-1-2-11-29/h4-7,16,18,35H,1-3,8-15,17H2. The van der Waals surface area contributed by atoms with Gasteiger partial charge in [-0.1, -0.05) is 0 Å². The van der Waals surface area contributed by atoms with Crippen molar-refractivity contribution in [1.29, 1.82) is 0 Å². The van der Waals surface area contributed by atoms with E-state index < -0.39 is 5.60 Å². The molecule has 0 radical (unpaired) electrons. The third kappa shape index (κ3) is 5.26. The van der Waals surface area contributed by atoms with Crippen LogP contribution in [0.3, 0.4) is 0 Å². The molecule has 2 saturated heterocycles. The molecule has 1 amide bonds. The average Bonchev–Trinajstić information content (AvgIpc) is 3.55. The minimum atomic E-state index is -1.14. The Hall–Kier alpha value is -3.31. The summed E-state index contributed by atoms with van der Waals surface area (Å²) < 4.78 is 21.5. The summed E-state index contributed by atoms with van der Waals surface area (Å²) in [5.41, 5.74) is -0.512. The number of rotatable bonds is 7. The first-order valence-corrected chi connectivity index (χ1v) is 12.5. The van der Waals surface area contributed by atoms with Crippen molar-refractivity contribution in [3.05, 3.63) is 53.0 Å². The summed E-state index contributed by atoms with van der Waals surface area (Å²) in [4.78, 5) is 33.9. The lowest BCUT2D eigenvalue weighted by atomic mass is 9.91. The molecule has 2 aliphatic rings. The van der Waals surface area contributed by atoms with E-state index in [9.17, 15) is 19.1 Å². The number of hydrogen-bond acceptors (Lipinski definition) is 7. The molecule has 2 fully saturated rings. The van der Waals surface area contributed by atoms with Crippen LogP contribution in [0.1, 0.15) is 32.1 Å². The molecule has 2 aromatic heterocycles. The van der Waals surface area contributed by atoms with Crippen LogP contribution in [-0.4, -0.2) is 85.3 Å². The molecule has 1 N–H and O–H groups in total. The average molecular weight is 499 g/mol. The maximum Gasteiger partial charge on any atom is 0.409 e. The molecule has 0 spiro atoms. The van der Waals surface area contributed by atoms with Crippen LogP contribution in [0.4, 0.5) is 9.18 Å². The molecule has 10 nitrogen and oxygen atoms in total. The number of fused-ring (bicyclic) bond motifs is 1. The number of piperidine rings is 1. The Morgan fingerprint density at radius 2 is 1.83 bits per heavy atom. The normalized spacial score (nSPS) is 18.1. The van der Waals surface area contributed by atoms with Gasteiger partial charge in [-0.25, -0.2) is 18.9 Å². The summed E-state index contributed by atoms with van der Waals surface area (Å²) in [5.74, 6) is -0.365. The van der Waals surface area contributed by atoms with Gasteiger partial charge >= 0.3 is 6.09 Å². The summed E-state index contributed by atoms with van der Waals surface area (Å²) >= 11 is 0. The monoisotopic (exact) mass is 498 g/mol. The van der Waals surface area contributed by atoms with E-state index >= 15 is 0 Å². The SMILES string of the molecule is O=C(OCCCN1CCCC1)N1CCC(O)(Cn2cnc3c(cnn3-c3ccc(F)cc3)c2=O)CC1. The third-order valence-electron chi connectivity index (χ3n) is 7.09. The number of likely N-dealkylation sites (tertiary alicyclic amines) is 2. The number of benzene rings is 1. The Balaban J connectivity index is 1.17. The van der Waals surface area contributed by atoms with E-state index in [-0.39, 0.29) is 24.0 Å². The van der Waals surface area contributed by atoms with Crippen molar-refractivity contribution in [2.45, 2.75) is 44.2 Å². The quantitative estimate of drug-likeness (QED) is 0.498. The van der Waals surface area contributed by atoms with Gasteiger partial charge in [-0.3, -0.25) is 9.36 Å². The fourth-order valence-electron chi connectivity index (χ4n) is 4.96. The van der Waals surface area contributed by atoms with Crippen LogP contribution < -0.4 is 5.56 Å². The van der Waals surface area contributed by atoms with E-state index in [1.807, 2.05) is 0 Å². The minimum Gasteiger partial charge on any atom is -0.449 e. The van der Waals surface area contributed by atoms with Gasteiger partial charge in [-0.2, -0.15) is 5.10 Å². The van der Waals surface area contributed by atoms with E-state index in [4.69, 9.17) is 4.74 Å². The highest BCUT2D eigenvalue weighted by Gasteiger charge is 2.35. The fourth-order valence-corrected chi connectivity index (χ4v) is 4.96. The largest absolute Gasteiger partial charge is 0.449 e. The van der Waals surface area contributed by atoms with Crippen LogP contribution in [0.2, 0.25) is 0 Å². The summed E-state index contributed by atoms with van der Waals surface area (Å²) in [5, 5.41) is 15.7. The third-order valence-corrected chi connectivity index (χ3v) is 7.09. The van der Waals surface area contributed by atoms with E-state index in [0.717, 1.165) is 26.1 Å². The van der Waals surface area contributed by atoms with Crippen molar-refractivity contribution in [2.75, 3.05) is 39.3 Å². The molecule has 36 heavy (non-hydrogen) atoms. The molecular formula is C25H31FN6O4. The molecule has 11 heteroatoms. The Morgan fingerprint density at radius 1 is 1.11 bits per heavy atom. The second kappa shape index (κ2) is 10.4. The highest BCUT2D eigenvalue weighted by atomic mass is 19.1. The number of carbonyl (C=O) groups excluding carboxylic acids is 1. The lowest BCUT2D eigenvalue weighted by Crippen LogP contribution is -2.49. The van der Waals surface area contributed by atoms with Crippen LogP contribution in [-0.2, 0) is 11.3 Å². The second-order valence-electron chi connectivity index (χ2n) is 9.68. The Bertz CT molecular complexity index is 1260. The van der Waals surface area contributed by atoms with Gasteiger partial charge in [0.1, 0.15) is 17.5 Å². The number of nitrogens with zero attached hydrogens (tertiary/aromatic N) is 6. The van der Waals surface area contributed by atoms with E-state index in [0.29, 0.717) is 49.3 Å². The fraction of sp³-hybridized carbons (Fsp3) is 0.520. The first-order valence-electron chi connectivity index (χ1n) is 12.5. The molecule has 4 heterocycles. The number of carbonyl (C=O) groups is 1. The van der Waals surface area contributed by atoms with Crippen molar-refractivity contribution >= 4 is 17.1 Å². The zero-order valence-electron chi connectivity index (χ0n) is 20.2. The zero-order valence-corrected chi connectivity index (χ0v) is 20.2. The Kier molecular flexibility index (Phi) is 7.01. The van der Waals surface area contributed by atoms with Crippen LogP contribution in [0.5, 0.6) is 0 Å². The number of ether oxygens (including phenoxy) is 1. The van der Waals surface area contributed by atoms with E-state index in [1.54, 1.807) is 17.0 Å². The van der Waals surface area contributed by atoms with Crippen LogP contribution in [0.15, 0.2) is 41.6 Å². The summed E-state index contributed by atoms with van der Waals surface area (Å²) in [7, 11) is 0. The van der Waals surface area contributed by atoms with E-state index in [2.05, 4.69) is 15.0 Å². The first kappa shape index (κ1) is 24.4.